The molecule has 2 rings (SSSR count). The molecule has 1 aromatic carbocycles. The lowest BCUT2D eigenvalue weighted by atomic mass is 10.1. The molecule has 3 nitrogen and oxygen atoms in total. The van der Waals surface area contributed by atoms with Crippen LogP contribution in [-0.2, 0) is 16.0 Å². The highest BCUT2D eigenvalue weighted by Crippen LogP contribution is 2.14. The number of esters is 1. The van der Waals surface area contributed by atoms with E-state index in [1.807, 2.05) is 26.1 Å². The normalized spacial score (nSPS) is 11.0. The van der Waals surface area contributed by atoms with Crippen LogP contribution < -0.4 is 0 Å². The molecule has 0 aliphatic heterocycles. The molecule has 1 N–H and O–H groups in total. The summed E-state index contributed by atoms with van der Waals surface area (Å²) in [5, 5.41) is 1.20. The summed E-state index contributed by atoms with van der Waals surface area (Å²) in [7, 11) is 0. The zero-order valence-electron chi connectivity index (χ0n) is 10.2. The van der Waals surface area contributed by atoms with Crippen LogP contribution >= 0.6 is 0 Å². The van der Waals surface area contributed by atoms with Crippen LogP contribution in [0.15, 0.2) is 30.5 Å². The first-order valence-corrected chi connectivity index (χ1v) is 5.89. The predicted molar refractivity (Wildman–Crippen MR) is 67.8 cm³/mol. The number of rotatable bonds is 4. The Bertz CT molecular complexity index is 514. The van der Waals surface area contributed by atoms with E-state index in [2.05, 4.69) is 23.2 Å². The highest BCUT2D eigenvalue weighted by atomic mass is 16.5. The lowest BCUT2D eigenvalue weighted by molar-refractivity contribution is -0.147. The molecule has 1 aromatic heterocycles. The van der Waals surface area contributed by atoms with Crippen LogP contribution in [0.4, 0.5) is 0 Å². The van der Waals surface area contributed by atoms with Gasteiger partial charge in [-0.15, -0.1) is 0 Å². The standard InChI is InChI=1S/C14H17NO2/c1-10(2)14(16)17-8-6-11-3-4-12-5-7-15-13(12)9-11/h3-5,7,9-10,15H,6,8H2,1-2H3. The van der Waals surface area contributed by atoms with Gasteiger partial charge in [0, 0.05) is 18.1 Å². The largest absolute Gasteiger partial charge is 0.465 e. The molecule has 0 fully saturated rings. The van der Waals surface area contributed by atoms with Crippen LogP contribution in [0.2, 0.25) is 0 Å². The third-order valence-corrected chi connectivity index (χ3v) is 2.73. The van der Waals surface area contributed by atoms with Crippen LogP contribution in [0.1, 0.15) is 19.4 Å². The van der Waals surface area contributed by atoms with Crippen molar-refractivity contribution in [1.29, 1.82) is 0 Å². The fourth-order valence-electron chi connectivity index (χ4n) is 1.69. The van der Waals surface area contributed by atoms with Crippen LogP contribution in [0, 0.1) is 5.92 Å². The van der Waals surface area contributed by atoms with Gasteiger partial charge in [-0.05, 0) is 23.1 Å². The van der Waals surface area contributed by atoms with E-state index in [0.29, 0.717) is 6.61 Å². The van der Waals surface area contributed by atoms with Gasteiger partial charge in [0.25, 0.3) is 0 Å². The number of aromatic nitrogens is 1. The Labute approximate surface area is 101 Å². The fraction of sp³-hybridized carbons (Fsp3) is 0.357. The molecular formula is C14H17NO2. The van der Waals surface area contributed by atoms with E-state index in [4.69, 9.17) is 4.74 Å². The number of carbonyl (C=O) groups is 1. The van der Waals surface area contributed by atoms with Crippen molar-refractivity contribution in [3.05, 3.63) is 36.0 Å². The molecule has 0 amide bonds. The van der Waals surface area contributed by atoms with Crippen molar-refractivity contribution in [3.8, 4) is 0 Å². The van der Waals surface area contributed by atoms with Crippen LogP contribution in [0.3, 0.4) is 0 Å². The van der Waals surface area contributed by atoms with Crippen molar-refractivity contribution >= 4 is 16.9 Å². The molecule has 17 heavy (non-hydrogen) atoms. The lowest BCUT2D eigenvalue weighted by Crippen LogP contribution is -2.13. The number of hydrogen-bond donors (Lipinski definition) is 1. The molecule has 0 saturated carbocycles. The second-order valence-electron chi connectivity index (χ2n) is 4.47. The van der Waals surface area contributed by atoms with E-state index in [0.717, 1.165) is 11.9 Å². The summed E-state index contributed by atoms with van der Waals surface area (Å²) in [6, 6.07) is 8.28. The van der Waals surface area contributed by atoms with Crippen molar-refractivity contribution in [2.45, 2.75) is 20.3 Å². The number of H-pyrrole nitrogens is 1. The van der Waals surface area contributed by atoms with Gasteiger partial charge >= 0.3 is 5.97 Å². The van der Waals surface area contributed by atoms with Crippen molar-refractivity contribution in [1.82, 2.24) is 4.98 Å². The van der Waals surface area contributed by atoms with Crippen LogP contribution in [0.25, 0.3) is 10.9 Å². The molecule has 0 bridgehead atoms. The number of benzene rings is 1. The average Bonchev–Trinajstić information content (AvgIpc) is 2.75. The van der Waals surface area contributed by atoms with Crippen LogP contribution in [-0.4, -0.2) is 17.6 Å². The van der Waals surface area contributed by atoms with E-state index in [1.54, 1.807) is 0 Å². The summed E-state index contributed by atoms with van der Waals surface area (Å²) >= 11 is 0. The Balaban J connectivity index is 1.92. The summed E-state index contributed by atoms with van der Waals surface area (Å²) in [6.45, 7) is 4.13. The molecule has 1 heterocycles. The minimum Gasteiger partial charge on any atom is -0.465 e. The van der Waals surface area contributed by atoms with Gasteiger partial charge in [0.15, 0.2) is 0 Å². The van der Waals surface area contributed by atoms with Gasteiger partial charge in [0.05, 0.1) is 12.5 Å². The van der Waals surface area contributed by atoms with E-state index in [9.17, 15) is 4.79 Å². The number of carbonyl (C=O) groups excluding carboxylic acids is 1. The monoisotopic (exact) mass is 231 g/mol. The Morgan fingerprint density at radius 1 is 1.35 bits per heavy atom. The molecule has 0 radical (unpaired) electrons. The predicted octanol–water partition coefficient (Wildman–Crippen LogP) is 2.91. The van der Waals surface area contributed by atoms with Gasteiger partial charge in [-0.3, -0.25) is 4.79 Å². The highest BCUT2D eigenvalue weighted by Gasteiger charge is 2.07. The second kappa shape index (κ2) is 5.04. The van der Waals surface area contributed by atoms with E-state index < -0.39 is 0 Å². The van der Waals surface area contributed by atoms with Crippen LogP contribution in [0.5, 0.6) is 0 Å². The molecule has 0 saturated heterocycles. The number of aromatic amines is 1. The Morgan fingerprint density at radius 3 is 2.94 bits per heavy atom. The third-order valence-electron chi connectivity index (χ3n) is 2.73. The molecule has 0 atom stereocenters. The minimum absolute atomic E-state index is 0.0547. The second-order valence-corrected chi connectivity index (χ2v) is 4.47. The van der Waals surface area contributed by atoms with E-state index >= 15 is 0 Å². The summed E-state index contributed by atoms with van der Waals surface area (Å²) in [5.74, 6) is -0.188. The summed E-state index contributed by atoms with van der Waals surface area (Å²) in [4.78, 5) is 14.4. The molecular weight excluding hydrogens is 214 g/mol. The maximum Gasteiger partial charge on any atom is 0.308 e. The topological polar surface area (TPSA) is 42.1 Å². The first kappa shape index (κ1) is 11.7. The van der Waals surface area contributed by atoms with E-state index in [-0.39, 0.29) is 11.9 Å². The van der Waals surface area contributed by atoms with Gasteiger partial charge < -0.3 is 9.72 Å². The van der Waals surface area contributed by atoms with Crippen molar-refractivity contribution in [3.63, 3.8) is 0 Å². The van der Waals surface area contributed by atoms with Crippen molar-refractivity contribution in [2.75, 3.05) is 6.61 Å². The Morgan fingerprint density at radius 2 is 2.18 bits per heavy atom. The number of nitrogens with one attached hydrogen (secondary N) is 1. The maximum atomic E-state index is 11.3. The molecule has 0 unspecified atom stereocenters. The fourth-order valence-corrected chi connectivity index (χ4v) is 1.69. The summed E-state index contributed by atoms with van der Waals surface area (Å²) < 4.78 is 5.15. The molecule has 0 aliphatic carbocycles. The highest BCUT2D eigenvalue weighted by molar-refractivity contribution is 5.79. The molecule has 90 valence electrons. The average molecular weight is 231 g/mol. The zero-order valence-corrected chi connectivity index (χ0v) is 10.2. The van der Waals surface area contributed by atoms with Gasteiger partial charge in [-0.2, -0.15) is 0 Å². The van der Waals surface area contributed by atoms with Crippen molar-refractivity contribution < 1.29 is 9.53 Å². The minimum atomic E-state index is -0.133. The number of hydrogen-bond acceptors (Lipinski definition) is 2. The van der Waals surface area contributed by atoms with Gasteiger partial charge in [-0.25, -0.2) is 0 Å². The van der Waals surface area contributed by atoms with Gasteiger partial charge in [0.1, 0.15) is 0 Å². The molecule has 3 heteroatoms. The van der Waals surface area contributed by atoms with E-state index in [1.165, 1.54) is 10.9 Å². The SMILES string of the molecule is CC(C)C(=O)OCCc1ccc2cc[nH]c2c1. The number of ether oxygens (including phenoxy) is 1. The van der Waals surface area contributed by atoms with Gasteiger partial charge in [-0.1, -0.05) is 26.0 Å². The summed E-state index contributed by atoms with van der Waals surface area (Å²) in [6.07, 6.45) is 2.68. The first-order valence-electron chi connectivity index (χ1n) is 5.89. The zero-order chi connectivity index (χ0) is 12.3. The lowest BCUT2D eigenvalue weighted by Gasteiger charge is -2.07. The van der Waals surface area contributed by atoms with Gasteiger partial charge in [0.2, 0.25) is 0 Å². The molecule has 0 aliphatic rings. The quantitative estimate of drug-likeness (QED) is 0.822. The smallest absolute Gasteiger partial charge is 0.308 e. The Kier molecular flexibility index (Phi) is 3.47. The molecule has 0 spiro atoms. The maximum absolute atomic E-state index is 11.3. The van der Waals surface area contributed by atoms with Crippen molar-refractivity contribution in [2.24, 2.45) is 5.92 Å². The molecule has 2 aromatic rings. The first-order chi connectivity index (χ1) is 8.16. The number of fused-ring (bicyclic) bond motifs is 1. The Hall–Kier alpha value is -1.77. The third kappa shape index (κ3) is 2.87. The summed E-state index contributed by atoms with van der Waals surface area (Å²) in [5.41, 5.74) is 2.30.